The van der Waals surface area contributed by atoms with Crippen LogP contribution in [0.4, 0.5) is 5.82 Å². The van der Waals surface area contributed by atoms with Gasteiger partial charge in [0.25, 0.3) is 5.91 Å². The van der Waals surface area contributed by atoms with Crippen LogP contribution in [-0.4, -0.2) is 62.2 Å². The number of anilines is 1. The lowest BCUT2D eigenvalue weighted by Crippen LogP contribution is -2.51. The van der Waals surface area contributed by atoms with Gasteiger partial charge in [-0.2, -0.15) is 5.10 Å². The fourth-order valence-corrected chi connectivity index (χ4v) is 5.23. The fraction of sp³-hybridized carbons (Fsp3) is 0.481. The second kappa shape index (κ2) is 10.3. The molecule has 1 atom stereocenters. The van der Waals surface area contributed by atoms with Gasteiger partial charge in [-0.15, -0.1) is 0 Å². The Morgan fingerprint density at radius 3 is 2.78 bits per heavy atom. The topological polar surface area (TPSA) is 103 Å². The van der Waals surface area contributed by atoms with Crippen LogP contribution in [0.15, 0.2) is 47.8 Å². The smallest absolute Gasteiger partial charge is 0.256 e. The highest BCUT2D eigenvalue weighted by molar-refractivity contribution is 5.99. The molecule has 2 saturated heterocycles. The van der Waals surface area contributed by atoms with Crippen molar-refractivity contribution in [2.24, 2.45) is 0 Å². The van der Waals surface area contributed by atoms with Gasteiger partial charge in [-0.25, -0.2) is 9.50 Å². The normalized spacial score (nSPS) is 21.2. The van der Waals surface area contributed by atoms with Crippen molar-refractivity contribution in [3.63, 3.8) is 0 Å². The van der Waals surface area contributed by atoms with E-state index in [1.54, 1.807) is 4.52 Å². The average Bonchev–Trinajstić information content (AvgIpc) is 3.04. The Morgan fingerprint density at radius 2 is 2.00 bits per heavy atom. The number of β-amino-alcohol motifs (C(OH)–C–C–N with tert-alkyl or cyclic N) is 1. The molecule has 36 heavy (non-hydrogen) atoms. The molecule has 1 aliphatic carbocycles. The van der Waals surface area contributed by atoms with E-state index in [1.807, 2.05) is 48.4 Å². The number of hydrogen-bond donors (Lipinski definition) is 2. The molecular weight excluding hydrogens is 456 g/mol. The van der Waals surface area contributed by atoms with Crippen molar-refractivity contribution in [2.45, 2.75) is 64.5 Å². The first-order chi connectivity index (χ1) is 17.4. The van der Waals surface area contributed by atoms with Gasteiger partial charge in [0.1, 0.15) is 5.82 Å². The van der Waals surface area contributed by atoms with Gasteiger partial charge in [-0.3, -0.25) is 9.59 Å². The van der Waals surface area contributed by atoms with Gasteiger partial charge in [0, 0.05) is 44.4 Å². The van der Waals surface area contributed by atoms with Gasteiger partial charge in [0.15, 0.2) is 5.65 Å². The predicted molar refractivity (Wildman–Crippen MR) is 137 cm³/mol. The SMILES string of the molecule is CC(=O)NC1=CC=CCCC=C1C(=O)N1CCCCCC1c1cc2nc(N3CC(O)C3)c(C)cn2n1. The van der Waals surface area contributed by atoms with Crippen molar-refractivity contribution in [3.05, 3.63) is 59.1 Å². The van der Waals surface area contributed by atoms with E-state index in [1.165, 1.54) is 6.92 Å². The van der Waals surface area contributed by atoms with Crippen LogP contribution in [0.3, 0.4) is 0 Å². The Labute approximate surface area is 211 Å². The van der Waals surface area contributed by atoms with Crippen LogP contribution < -0.4 is 10.2 Å². The lowest BCUT2D eigenvalue weighted by molar-refractivity contribution is -0.129. The zero-order valence-corrected chi connectivity index (χ0v) is 21.0. The molecular formula is C27H34N6O3. The summed E-state index contributed by atoms with van der Waals surface area (Å²) in [6, 6.07) is 1.81. The van der Waals surface area contributed by atoms with Crippen LogP contribution in [-0.2, 0) is 9.59 Å². The minimum atomic E-state index is -0.303. The number of hydrogen-bond acceptors (Lipinski definition) is 6. The van der Waals surface area contributed by atoms with Gasteiger partial charge in [-0.05, 0) is 38.7 Å². The Hall–Kier alpha value is -3.46. The second-order valence-corrected chi connectivity index (χ2v) is 9.93. The van der Waals surface area contributed by atoms with E-state index in [2.05, 4.69) is 10.2 Å². The number of likely N-dealkylation sites (tertiary alicyclic amines) is 1. The van der Waals surface area contributed by atoms with Crippen LogP contribution in [0.5, 0.6) is 0 Å². The van der Waals surface area contributed by atoms with E-state index < -0.39 is 0 Å². The molecule has 2 aromatic rings. The summed E-state index contributed by atoms with van der Waals surface area (Å²) in [4.78, 5) is 34.7. The van der Waals surface area contributed by atoms with Gasteiger partial charge in [0.05, 0.1) is 29.1 Å². The number of fused-ring (bicyclic) bond motifs is 1. The maximum atomic E-state index is 14.0. The lowest BCUT2D eigenvalue weighted by atomic mass is 10.0. The molecule has 9 nitrogen and oxygen atoms in total. The molecule has 2 N–H and O–H groups in total. The number of aryl methyl sites for hydroxylation is 1. The summed E-state index contributed by atoms with van der Waals surface area (Å²) in [7, 11) is 0. The highest BCUT2D eigenvalue weighted by Crippen LogP contribution is 2.33. The molecule has 0 aromatic carbocycles. The van der Waals surface area contributed by atoms with E-state index in [4.69, 9.17) is 10.1 Å². The summed E-state index contributed by atoms with van der Waals surface area (Å²) in [5, 5.41) is 17.4. The Balaban J connectivity index is 1.48. The van der Waals surface area contributed by atoms with E-state index in [0.29, 0.717) is 30.9 Å². The zero-order valence-electron chi connectivity index (χ0n) is 21.0. The van der Waals surface area contributed by atoms with Crippen LogP contribution in [0.2, 0.25) is 0 Å². The lowest BCUT2D eigenvalue weighted by Gasteiger charge is -2.37. The number of aromatic nitrogens is 3. The van der Waals surface area contributed by atoms with Crippen molar-refractivity contribution < 1.29 is 14.7 Å². The van der Waals surface area contributed by atoms with Crippen molar-refractivity contribution >= 4 is 23.3 Å². The molecule has 0 bridgehead atoms. The standard InChI is InChI=1S/C27H34N6O3/c1-18-15-33-25(29-26(18)31-16-20(35)17-31)14-23(30-33)24-12-8-5-9-13-32(24)27(36)21-10-6-3-4-7-11-22(21)28-19(2)34/h4,7,10-11,14-15,20,24,35H,3,5-6,8-9,12-13,16-17H2,1-2H3,(H,28,34). The largest absolute Gasteiger partial charge is 0.389 e. The van der Waals surface area contributed by atoms with E-state index >= 15 is 0 Å². The minimum absolute atomic E-state index is 0.0753. The maximum Gasteiger partial charge on any atom is 0.256 e. The number of allylic oxidation sites excluding steroid dienone is 4. The number of aliphatic hydroxyl groups is 1. The Bertz CT molecular complexity index is 1250. The van der Waals surface area contributed by atoms with Crippen LogP contribution in [0.1, 0.15) is 62.7 Å². The molecule has 3 aliphatic rings. The Kier molecular flexibility index (Phi) is 6.91. The second-order valence-electron chi connectivity index (χ2n) is 9.93. The van der Waals surface area contributed by atoms with Crippen molar-refractivity contribution in [1.82, 2.24) is 24.8 Å². The van der Waals surface area contributed by atoms with Crippen molar-refractivity contribution in [2.75, 3.05) is 24.5 Å². The van der Waals surface area contributed by atoms with Crippen LogP contribution in [0.25, 0.3) is 5.65 Å². The van der Waals surface area contributed by atoms with Crippen molar-refractivity contribution in [1.29, 1.82) is 0 Å². The van der Waals surface area contributed by atoms with Gasteiger partial charge in [-0.1, -0.05) is 31.1 Å². The molecule has 2 fully saturated rings. The number of nitrogens with one attached hydrogen (secondary N) is 1. The molecule has 2 aromatic heterocycles. The highest BCUT2D eigenvalue weighted by atomic mass is 16.3. The zero-order chi connectivity index (χ0) is 25.2. The number of amides is 2. The third-order valence-corrected chi connectivity index (χ3v) is 7.05. The quantitative estimate of drug-likeness (QED) is 0.683. The first-order valence-corrected chi connectivity index (χ1v) is 12.9. The molecule has 190 valence electrons. The number of rotatable bonds is 4. The number of carbonyl (C=O) groups excluding carboxylic acids is 2. The van der Waals surface area contributed by atoms with Gasteiger partial charge >= 0.3 is 0 Å². The third kappa shape index (κ3) is 4.93. The minimum Gasteiger partial charge on any atom is -0.389 e. The fourth-order valence-electron chi connectivity index (χ4n) is 5.23. The summed E-state index contributed by atoms with van der Waals surface area (Å²) in [5.74, 6) is 0.591. The number of nitrogens with zero attached hydrogens (tertiary/aromatic N) is 5. The molecule has 2 aliphatic heterocycles. The summed E-state index contributed by atoms with van der Waals surface area (Å²) in [6.45, 7) is 5.28. The predicted octanol–water partition coefficient (Wildman–Crippen LogP) is 2.96. The third-order valence-electron chi connectivity index (χ3n) is 7.05. The van der Waals surface area contributed by atoms with Crippen molar-refractivity contribution in [3.8, 4) is 0 Å². The van der Waals surface area contributed by atoms with E-state index in [9.17, 15) is 14.7 Å². The van der Waals surface area contributed by atoms with Crippen LogP contribution >= 0.6 is 0 Å². The highest BCUT2D eigenvalue weighted by Gasteiger charge is 2.32. The average molecular weight is 491 g/mol. The molecule has 0 radical (unpaired) electrons. The van der Waals surface area contributed by atoms with Gasteiger partial charge < -0.3 is 20.2 Å². The molecule has 4 heterocycles. The Morgan fingerprint density at radius 1 is 1.17 bits per heavy atom. The summed E-state index contributed by atoms with van der Waals surface area (Å²) in [5.41, 5.74) is 3.64. The molecule has 2 amide bonds. The molecule has 9 heteroatoms. The molecule has 0 spiro atoms. The van der Waals surface area contributed by atoms with E-state index in [0.717, 1.165) is 61.2 Å². The van der Waals surface area contributed by atoms with Gasteiger partial charge in [0.2, 0.25) is 5.91 Å². The molecule has 0 saturated carbocycles. The van der Waals surface area contributed by atoms with Crippen LogP contribution in [0, 0.1) is 6.92 Å². The monoisotopic (exact) mass is 490 g/mol. The first-order valence-electron chi connectivity index (χ1n) is 12.9. The molecule has 1 unspecified atom stereocenters. The number of carbonyl (C=O) groups is 2. The van der Waals surface area contributed by atoms with E-state index in [-0.39, 0.29) is 24.0 Å². The summed E-state index contributed by atoms with van der Waals surface area (Å²) in [6.07, 6.45) is 14.8. The summed E-state index contributed by atoms with van der Waals surface area (Å²) < 4.78 is 1.79. The number of aliphatic hydroxyl groups excluding tert-OH is 1. The first kappa shape index (κ1) is 24.2. The summed E-state index contributed by atoms with van der Waals surface area (Å²) >= 11 is 0. The molecule has 5 rings (SSSR count). The maximum absolute atomic E-state index is 14.0.